The number of hydrogen-bond acceptors (Lipinski definition) is 4. The fraction of sp³-hybridized carbons (Fsp3) is 0.226. The van der Waals surface area contributed by atoms with E-state index >= 15 is 0 Å². The minimum Gasteiger partial charge on any atom is -0.396 e. The largest absolute Gasteiger partial charge is 0.396 e. The van der Waals surface area contributed by atoms with Crippen LogP contribution in [0.2, 0.25) is 0 Å². The second-order valence-corrected chi connectivity index (χ2v) is 10.7. The third-order valence-electron chi connectivity index (χ3n) is 8.45. The third-order valence-corrected chi connectivity index (χ3v) is 8.45. The van der Waals surface area contributed by atoms with Crippen LogP contribution in [0.15, 0.2) is 61.2 Å². The number of imidazole rings is 1. The summed E-state index contributed by atoms with van der Waals surface area (Å²) in [7, 11) is 0. The van der Waals surface area contributed by atoms with E-state index in [1.807, 2.05) is 16.8 Å². The number of nitrogens with zero attached hydrogens (tertiary/aromatic N) is 4. The van der Waals surface area contributed by atoms with Gasteiger partial charge in [-0.25, -0.2) is 4.98 Å². The summed E-state index contributed by atoms with van der Waals surface area (Å²) >= 11 is 0. The Bertz CT molecular complexity index is 1990. The number of aliphatic hydroxyl groups excluding tert-OH is 2. The minimum absolute atomic E-state index is 0.0194. The zero-order valence-corrected chi connectivity index (χ0v) is 21.3. The number of rotatable bonds is 5. The highest BCUT2D eigenvalue weighted by Gasteiger charge is 2.34. The molecule has 2 aliphatic rings. The molecule has 1 amide bonds. The lowest BCUT2D eigenvalue weighted by molar-refractivity contribution is 0.0967. The molecule has 1 unspecified atom stereocenters. The van der Waals surface area contributed by atoms with E-state index in [4.69, 9.17) is 0 Å². The van der Waals surface area contributed by atoms with Crippen molar-refractivity contribution in [1.82, 2.24) is 24.0 Å². The predicted molar refractivity (Wildman–Crippen MR) is 151 cm³/mol. The van der Waals surface area contributed by atoms with Crippen molar-refractivity contribution in [2.45, 2.75) is 32.8 Å². The average molecular weight is 518 g/mol. The maximum atomic E-state index is 13.4. The number of fused-ring (bicyclic) bond motifs is 9. The quantitative estimate of drug-likeness (QED) is 0.320. The summed E-state index contributed by atoms with van der Waals surface area (Å²) in [5.74, 6) is -0.0277. The Morgan fingerprint density at radius 2 is 1.77 bits per heavy atom. The molecular formula is C31H27N5O3. The zero-order chi connectivity index (χ0) is 26.2. The van der Waals surface area contributed by atoms with Gasteiger partial charge in [0.15, 0.2) is 0 Å². The molecule has 1 atom stereocenters. The van der Waals surface area contributed by atoms with E-state index in [9.17, 15) is 15.0 Å². The standard InChI is InChI=1S/C31H27N5O3/c37-15-19-4-6-24-21(11-19)26-23-12-33-31(39)28(23)27-22-10-18(2-1-8-34-9-7-32-17-34)3-5-25(22)36-14-20(16-38)13-35(24)29(26)30(27)36/h1-7,9-11,17,20,37-38H,8,12-16H2,(H,33,39)/b2-1+. The predicted octanol–water partition coefficient (Wildman–Crippen LogP) is 4.17. The first kappa shape index (κ1) is 22.6. The van der Waals surface area contributed by atoms with Gasteiger partial charge < -0.3 is 29.2 Å². The van der Waals surface area contributed by atoms with Crippen molar-refractivity contribution in [3.8, 4) is 0 Å². The van der Waals surface area contributed by atoms with Gasteiger partial charge in [0, 0.05) is 83.7 Å². The summed E-state index contributed by atoms with van der Waals surface area (Å²) in [5, 5.41) is 27.5. The van der Waals surface area contributed by atoms with Crippen LogP contribution in [-0.2, 0) is 32.8 Å². The van der Waals surface area contributed by atoms with E-state index in [0.717, 1.165) is 72.4 Å². The van der Waals surface area contributed by atoms with Crippen LogP contribution in [0.1, 0.15) is 27.0 Å². The Morgan fingerprint density at radius 3 is 2.51 bits per heavy atom. The molecule has 2 aliphatic heterocycles. The van der Waals surface area contributed by atoms with Crippen molar-refractivity contribution >= 4 is 55.6 Å². The molecule has 3 aromatic heterocycles. The molecule has 39 heavy (non-hydrogen) atoms. The third kappa shape index (κ3) is 3.13. The second kappa shape index (κ2) is 8.30. The van der Waals surface area contributed by atoms with E-state index in [2.05, 4.69) is 61.9 Å². The summed E-state index contributed by atoms with van der Waals surface area (Å²) in [6, 6.07) is 12.5. The highest BCUT2D eigenvalue weighted by molar-refractivity contribution is 6.31. The number of aliphatic hydroxyl groups is 2. The molecule has 5 heterocycles. The second-order valence-electron chi connectivity index (χ2n) is 10.7. The Labute approximate surface area is 223 Å². The van der Waals surface area contributed by atoms with Crippen molar-refractivity contribution in [2.24, 2.45) is 5.92 Å². The van der Waals surface area contributed by atoms with Crippen molar-refractivity contribution < 1.29 is 15.0 Å². The molecule has 0 spiro atoms. The van der Waals surface area contributed by atoms with Gasteiger partial charge in [0.05, 0.1) is 29.5 Å². The molecule has 0 bridgehead atoms. The van der Waals surface area contributed by atoms with Crippen LogP contribution in [0.5, 0.6) is 0 Å². The van der Waals surface area contributed by atoms with Crippen LogP contribution in [0, 0.1) is 5.92 Å². The Balaban J connectivity index is 1.48. The summed E-state index contributed by atoms with van der Waals surface area (Å²) in [6.07, 6.45) is 9.73. The van der Waals surface area contributed by atoms with Gasteiger partial charge in [0.1, 0.15) is 0 Å². The molecule has 6 aromatic rings. The van der Waals surface area contributed by atoms with Gasteiger partial charge >= 0.3 is 0 Å². The van der Waals surface area contributed by atoms with Gasteiger partial charge in [-0.15, -0.1) is 0 Å². The van der Waals surface area contributed by atoms with E-state index < -0.39 is 0 Å². The van der Waals surface area contributed by atoms with Crippen molar-refractivity contribution in [2.75, 3.05) is 6.61 Å². The summed E-state index contributed by atoms with van der Waals surface area (Å²) in [5.41, 5.74) is 7.97. The molecule has 3 aromatic carbocycles. The Kier molecular flexibility index (Phi) is 4.80. The number of carbonyl (C=O) groups excluding carboxylic acids is 1. The highest BCUT2D eigenvalue weighted by Crippen LogP contribution is 2.46. The van der Waals surface area contributed by atoms with Crippen molar-refractivity contribution in [3.05, 3.63) is 83.4 Å². The fourth-order valence-electron chi connectivity index (χ4n) is 6.76. The molecule has 8 nitrogen and oxygen atoms in total. The van der Waals surface area contributed by atoms with Crippen LogP contribution in [-0.4, -0.2) is 41.4 Å². The number of allylic oxidation sites excluding steroid dienone is 1. The number of hydrogen-bond donors (Lipinski definition) is 3. The fourth-order valence-corrected chi connectivity index (χ4v) is 6.76. The monoisotopic (exact) mass is 517 g/mol. The molecule has 8 heteroatoms. The topological polar surface area (TPSA) is 97.2 Å². The van der Waals surface area contributed by atoms with Crippen LogP contribution in [0.4, 0.5) is 0 Å². The van der Waals surface area contributed by atoms with Crippen LogP contribution < -0.4 is 5.32 Å². The lowest BCUT2D eigenvalue weighted by Crippen LogP contribution is -2.18. The SMILES string of the molecule is O=C1NCc2c1c1c3cc(/C=C/Cn4ccnc4)ccc3n3c1c1c2c2cc(CO)ccc2n1CC(CO)C3. The molecule has 194 valence electrons. The summed E-state index contributed by atoms with van der Waals surface area (Å²) in [6.45, 7) is 2.58. The van der Waals surface area contributed by atoms with E-state index in [-0.39, 0.29) is 25.0 Å². The highest BCUT2D eigenvalue weighted by atomic mass is 16.3. The van der Waals surface area contributed by atoms with Gasteiger partial charge in [-0.05, 0) is 41.0 Å². The molecule has 8 rings (SSSR count). The number of benzene rings is 3. The van der Waals surface area contributed by atoms with E-state index in [0.29, 0.717) is 19.6 Å². The van der Waals surface area contributed by atoms with Crippen molar-refractivity contribution in [3.63, 3.8) is 0 Å². The van der Waals surface area contributed by atoms with Gasteiger partial charge in [0.2, 0.25) is 0 Å². The molecule has 3 N–H and O–H groups in total. The zero-order valence-electron chi connectivity index (χ0n) is 21.3. The van der Waals surface area contributed by atoms with Gasteiger partial charge in [-0.2, -0.15) is 0 Å². The smallest absolute Gasteiger partial charge is 0.252 e. The average Bonchev–Trinajstić information content (AvgIpc) is 3.71. The Morgan fingerprint density at radius 1 is 1.00 bits per heavy atom. The lowest BCUT2D eigenvalue weighted by Gasteiger charge is -2.15. The van der Waals surface area contributed by atoms with Crippen LogP contribution >= 0.6 is 0 Å². The maximum Gasteiger partial charge on any atom is 0.252 e. The first-order chi connectivity index (χ1) is 19.2. The number of nitrogens with one attached hydrogen (secondary N) is 1. The summed E-state index contributed by atoms with van der Waals surface area (Å²) in [4.78, 5) is 17.5. The Hall–Kier alpha value is -4.40. The molecule has 0 fully saturated rings. The number of amides is 1. The number of carbonyl (C=O) groups is 1. The normalized spacial score (nSPS) is 16.9. The molecule has 0 saturated heterocycles. The lowest BCUT2D eigenvalue weighted by atomic mass is 9.96. The maximum absolute atomic E-state index is 13.4. The van der Waals surface area contributed by atoms with Gasteiger partial charge in [-0.3, -0.25) is 4.79 Å². The van der Waals surface area contributed by atoms with Gasteiger partial charge in [0.25, 0.3) is 5.91 Å². The van der Waals surface area contributed by atoms with Gasteiger partial charge in [-0.1, -0.05) is 24.3 Å². The van der Waals surface area contributed by atoms with Crippen LogP contribution in [0.25, 0.3) is 49.7 Å². The van der Waals surface area contributed by atoms with Crippen LogP contribution in [0.3, 0.4) is 0 Å². The molecule has 0 saturated carbocycles. The van der Waals surface area contributed by atoms with E-state index in [1.54, 1.807) is 12.5 Å². The summed E-state index contributed by atoms with van der Waals surface area (Å²) < 4.78 is 6.65. The molecule has 0 radical (unpaired) electrons. The first-order valence-electron chi connectivity index (χ1n) is 13.3. The molecular weight excluding hydrogens is 490 g/mol. The van der Waals surface area contributed by atoms with Crippen molar-refractivity contribution in [1.29, 1.82) is 0 Å². The first-order valence-corrected chi connectivity index (χ1v) is 13.3. The number of aromatic nitrogens is 4. The molecule has 0 aliphatic carbocycles. The minimum atomic E-state index is -0.0471. The van der Waals surface area contributed by atoms with E-state index in [1.165, 1.54) is 0 Å².